The molecule has 0 aliphatic heterocycles. The molecule has 20 heavy (non-hydrogen) atoms. The summed E-state index contributed by atoms with van der Waals surface area (Å²) in [5.41, 5.74) is 2.20. The highest BCUT2D eigenvalue weighted by atomic mass is 79.9. The van der Waals surface area contributed by atoms with Crippen molar-refractivity contribution in [3.05, 3.63) is 28.2 Å². The molecule has 0 heterocycles. The zero-order valence-corrected chi connectivity index (χ0v) is 14.7. The lowest BCUT2D eigenvalue weighted by atomic mass is 10.0. The van der Waals surface area contributed by atoms with Gasteiger partial charge in [-0.1, -0.05) is 49.5 Å². The number of carbonyl (C=O) groups excluding carboxylic acids is 1. The smallest absolute Gasteiger partial charge is 0.226 e. The molecule has 1 rings (SSSR count). The lowest BCUT2D eigenvalue weighted by molar-refractivity contribution is -0.118. The van der Waals surface area contributed by atoms with Crippen LogP contribution < -0.4 is 4.90 Å². The molecule has 1 aromatic carbocycles. The van der Waals surface area contributed by atoms with Crippen LogP contribution in [0.15, 0.2) is 22.7 Å². The zero-order valence-electron chi connectivity index (χ0n) is 13.1. The van der Waals surface area contributed by atoms with Crippen molar-refractivity contribution in [2.75, 3.05) is 4.90 Å². The van der Waals surface area contributed by atoms with Crippen LogP contribution in [0.2, 0.25) is 0 Å². The first-order chi connectivity index (χ1) is 9.54. The minimum Gasteiger partial charge on any atom is -0.309 e. The van der Waals surface area contributed by atoms with E-state index in [1.54, 1.807) is 0 Å². The summed E-state index contributed by atoms with van der Waals surface area (Å²) >= 11 is 3.53. The predicted molar refractivity (Wildman–Crippen MR) is 90.3 cm³/mol. The molecule has 0 atom stereocenters. The molecule has 1 aromatic rings. The van der Waals surface area contributed by atoms with E-state index in [1.807, 2.05) is 24.0 Å². The Hall–Kier alpha value is -0.830. The highest BCUT2D eigenvalue weighted by Crippen LogP contribution is 2.27. The van der Waals surface area contributed by atoms with Crippen LogP contribution in [0.4, 0.5) is 5.69 Å². The largest absolute Gasteiger partial charge is 0.309 e. The van der Waals surface area contributed by atoms with Gasteiger partial charge in [-0.2, -0.15) is 0 Å². The Morgan fingerprint density at radius 2 is 1.80 bits per heavy atom. The number of anilines is 1. The summed E-state index contributed by atoms with van der Waals surface area (Å²) in [6.45, 7) is 8.38. The van der Waals surface area contributed by atoms with Gasteiger partial charge in [-0.05, 0) is 43.5 Å². The van der Waals surface area contributed by atoms with Gasteiger partial charge in [0.2, 0.25) is 5.91 Å². The maximum atomic E-state index is 12.4. The lowest BCUT2D eigenvalue weighted by Crippen LogP contribution is -2.40. The van der Waals surface area contributed by atoms with Crippen molar-refractivity contribution >= 4 is 27.5 Å². The topological polar surface area (TPSA) is 20.3 Å². The van der Waals surface area contributed by atoms with E-state index in [4.69, 9.17) is 0 Å². The van der Waals surface area contributed by atoms with Crippen molar-refractivity contribution < 1.29 is 4.79 Å². The van der Waals surface area contributed by atoms with Crippen LogP contribution in [0.25, 0.3) is 0 Å². The van der Waals surface area contributed by atoms with Crippen molar-refractivity contribution in [3.63, 3.8) is 0 Å². The lowest BCUT2D eigenvalue weighted by Gasteiger charge is -2.32. The zero-order chi connectivity index (χ0) is 15.1. The Kier molecular flexibility index (Phi) is 7.28. The third-order valence-electron chi connectivity index (χ3n) is 3.60. The van der Waals surface area contributed by atoms with Gasteiger partial charge in [-0.3, -0.25) is 4.79 Å². The highest BCUT2D eigenvalue weighted by Gasteiger charge is 2.23. The molecule has 0 radical (unpaired) electrons. The van der Waals surface area contributed by atoms with Gasteiger partial charge < -0.3 is 4.90 Å². The number of hydrogen-bond donors (Lipinski definition) is 0. The molecule has 0 unspecified atom stereocenters. The molecule has 0 saturated carbocycles. The standard InChI is InChI=1S/C17H26BrNO/c1-5-8-14(9-6-2)19(17(20)7-3)15-10-11-16(18)13(4)12-15/h10-12,14H,5-9H2,1-4H3. The Morgan fingerprint density at radius 1 is 1.20 bits per heavy atom. The van der Waals surface area contributed by atoms with Crippen LogP contribution in [-0.4, -0.2) is 11.9 Å². The second kappa shape index (κ2) is 8.46. The summed E-state index contributed by atoms with van der Waals surface area (Å²) in [6, 6.07) is 6.51. The van der Waals surface area contributed by atoms with Gasteiger partial charge in [0, 0.05) is 22.6 Å². The summed E-state index contributed by atoms with van der Waals surface area (Å²) in [6.07, 6.45) is 4.89. The molecule has 0 saturated heterocycles. The number of amides is 1. The third-order valence-corrected chi connectivity index (χ3v) is 4.49. The van der Waals surface area contributed by atoms with Crippen molar-refractivity contribution in [2.45, 2.75) is 65.8 Å². The SMILES string of the molecule is CCCC(CCC)N(C(=O)CC)c1ccc(Br)c(C)c1. The molecule has 0 aliphatic carbocycles. The summed E-state index contributed by atoms with van der Waals surface area (Å²) < 4.78 is 1.09. The van der Waals surface area contributed by atoms with Crippen molar-refractivity contribution in [3.8, 4) is 0 Å². The molecule has 0 aromatic heterocycles. The molecular weight excluding hydrogens is 314 g/mol. The van der Waals surface area contributed by atoms with Crippen LogP contribution in [0, 0.1) is 6.92 Å². The first-order valence-corrected chi connectivity index (χ1v) is 8.42. The quantitative estimate of drug-likeness (QED) is 0.644. The van der Waals surface area contributed by atoms with Crippen LogP contribution in [0.5, 0.6) is 0 Å². The average molecular weight is 340 g/mol. The molecule has 2 nitrogen and oxygen atoms in total. The molecule has 0 fully saturated rings. The minimum absolute atomic E-state index is 0.221. The predicted octanol–water partition coefficient (Wildman–Crippen LogP) is 5.47. The molecule has 0 bridgehead atoms. The van der Waals surface area contributed by atoms with Crippen molar-refractivity contribution in [1.29, 1.82) is 0 Å². The first-order valence-electron chi connectivity index (χ1n) is 7.63. The Morgan fingerprint density at radius 3 is 2.25 bits per heavy atom. The van der Waals surface area contributed by atoms with E-state index in [0.29, 0.717) is 12.5 Å². The van der Waals surface area contributed by atoms with Gasteiger partial charge in [-0.15, -0.1) is 0 Å². The first kappa shape index (κ1) is 17.2. The fourth-order valence-corrected chi connectivity index (χ4v) is 2.82. The number of hydrogen-bond acceptors (Lipinski definition) is 1. The summed E-state index contributed by atoms with van der Waals surface area (Å²) in [4.78, 5) is 14.4. The van der Waals surface area contributed by atoms with Gasteiger partial charge in [0.1, 0.15) is 0 Å². The van der Waals surface area contributed by atoms with E-state index in [0.717, 1.165) is 35.8 Å². The number of halogens is 1. The molecule has 1 amide bonds. The van der Waals surface area contributed by atoms with E-state index >= 15 is 0 Å². The Balaban J connectivity index is 3.15. The number of nitrogens with zero attached hydrogens (tertiary/aromatic N) is 1. The monoisotopic (exact) mass is 339 g/mol. The minimum atomic E-state index is 0.221. The fourth-order valence-electron chi connectivity index (χ4n) is 2.58. The Bertz CT molecular complexity index is 439. The number of rotatable bonds is 7. The summed E-state index contributed by atoms with van der Waals surface area (Å²) in [7, 11) is 0. The second-order valence-corrected chi connectivity index (χ2v) is 6.14. The van der Waals surface area contributed by atoms with Gasteiger partial charge in [0.05, 0.1) is 0 Å². The van der Waals surface area contributed by atoms with Crippen LogP contribution in [0.1, 0.15) is 58.4 Å². The van der Waals surface area contributed by atoms with Crippen molar-refractivity contribution in [2.24, 2.45) is 0 Å². The van der Waals surface area contributed by atoms with E-state index in [1.165, 1.54) is 5.56 Å². The van der Waals surface area contributed by atoms with E-state index in [9.17, 15) is 4.79 Å². The molecule has 3 heteroatoms. The van der Waals surface area contributed by atoms with Gasteiger partial charge >= 0.3 is 0 Å². The number of carbonyl (C=O) groups is 1. The molecule has 112 valence electrons. The molecule has 0 N–H and O–H groups in total. The average Bonchev–Trinajstić information content (AvgIpc) is 2.43. The highest BCUT2D eigenvalue weighted by molar-refractivity contribution is 9.10. The van der Waals surface area contributed by atoms with Crippen molar-refractivity contribution in [1.82, 2.24) is 0 Å². The number of benzene rings is 1. The van der Waals surface area contributed by atoms with Crippen LogP contribution >= 0.6 is 15.9 Å². The van der Waals surface area contributed by atoms with Crippen LogP contribution in [-0.2, 0) is 4.79 Å². The molecule has 0 spiro atoms. The summed E-state index contributed by atoms with van der Waals surface area (Å²) in [5.74, 6) is 0.221. The maximum absolute atomic E-state index is 12.4. The Labute approximate surface area is 131 Å². The maximum Gasteiger partial charge on any atom is 0.226 e. The summed E-state index contributed by atoms with van der Waals surface area (Å²) in [5, 5.41) is 0. The normalized spacial score (nSPS) is 10.9. The molecule has 0 aliphatic rings. The third kappa shape index (κ3) is 4.34. The van der Waals surface area contributed by atoms with E-state index in [-0.39, 0.29) is 5.91 Å². The second-order valence-electron chi connectivity index (χ2n) is 5.28. The van der Waals surface area contributed by atoms with Gasteiger partial charge in [0.25, 0.3) is 0 Å². The number of aryl methyl sites for hydroxylation is 1. The van der Waals surface area contributed by atoms with Gasteiger partial charge in [-0.25, -0.2) is 0 Å². The fraction of sp³-hybridized carbons (Fsp3) is 0.588. The van der Waals surface area contributed by atoms with Crippen LogP contribution in [0.3, 0.4) is 0 Å². The van der Waals surface area contributed by atoms with E-state index in [2.05, 4.69) is 42.8 Å². The molecular formula is C17H26BrNO. The van der Waals surface area contributed by atoms with Gasteiger partial charge in [0.15, 0.2) is 0 Å². The van der Waals surface area contributed by atoms with E-state index < -0.39 is 0 Å².